The molecular weight excluding hydrogens is 202 g/mol. The van der Waals surface area contributed by atoms with Gasteiger partial charge in [-0.15, -0.1) is 0 Å². The first-order valence-corrected chi connectivity index (χ1v) is 6.30. The molecular formula is C13H25NO2. The molecule has 1 rings (SSSR count). The lowest BCUT2D eigenvalue weighted by Crippen LogP contribution is -2.52. The van der Waals surface area contributed by atoms with E-state index in [1.54, 1.807) is 0 Å². The molecule has 1 unspecified atom stereocenters. The summed E-state index contributed by atoms with van der Waals surface area (Å²) in [5.74, 6) is -0.629. The number of carbonyl (C=O) groups is 1. The van der Waals surface area contributed by atoms with Crippen molar-refractivity contribution >= 4 is 5.97 Å². The number of aliphatic carboxylic acids is 1. The second kappa shape index (κ2) is 4.74. The second-order valence-corrected chi connectivity index (χ2v) is 6.17. The minimum absolute atomic E-state index is 0.165. The molecule has 0 aromatic heterocycles. The van der Waals surface area contributed by atoms with Gasteiger partial charge < -0.3 is 5.11 Å². The standard InChI is InChI=1S/C13H25NO2/c1-5-7-13(11(15)16)8-6-9-14(13)10-12(2,3)4/h5-10H2,1-4H3,(H,15,16). The SMILES string of the molecule is CCCC1(C(=O)O)CCCN1CC(C)(C)C. The van der Waals surface area contributed by atoms with E-state index in [9.17, 15) is 9.90 Å². The lowest BCUT2D eigenvalue weighted by atomic mass is 9.88. The molecule has 3 heteroatoms. The number of likely N-dealkylation sites (tertiary alicyclic amines) is 1. The normalized spacial score (nSPS) is 27.2. The molecule has 0 aromatic carbocycles. The highest BCUT2D eigenvalue weighted by molar-refractivity contribution is 5.79. The zero-order valence-corrected chi connectivity index (χ0v) is 11.0. The van der Waals surface area contributed by atoms with Gasteiger partial charge in [0.1, 0.15) is 5.54 Å². The molecule has 1 N–H and O–H groups in total. The molecule has 1 fully saturated rings. The summed E-state index contributed by atoms with van der Waals surface area (Å²) in [7, 11) is 0. The van der Waals surface area contributed by atoms with Crippen molar-refractivity contribution < 1.29 is 9.90 Å². The van der Waals surface area contributed by atoms with Crippen molar-refractivity contribution in [3.05, 3.63) is 0 Å². The van der Waals surface area contributed by atoms with Crippen LogP contribution in [0.15, 0.2) is 0 Å². The number of nitrogens with zero attached hydrogens (tertiary/aromatic N) is 1. The Morgan fingerprint density at radius 1 is 1.44 bits per heavy atom. The van der Waals surface area contributed by atoms with Gasteiger partial charge in [0.25, 0.3) is 0 Å². The average Bonchev–Trinajstić information content (AvgIpc) is 2.47. The quantitative estimate of drug-likeness (QED) is 0.803. The van der Waals surface area contributed by atoms with Crippen molar-refractivity contribution in [2.75, 3.05) is 13.1 Å². The fourth-order valence-electron chi connectivity index (χ4n) is 2.78. The van der Waals surface area contributed by atoms with Gasteiger partial charge >= 0.3 is 5.97 Å². The second-order valence-electron chi connectivity index (χ2n) is 6.17. The summed E-state index contributed by atoms with van der Waals surface area (Å²) in [6, 6.07) is 0. The van der Waals surface area contributed by atoms with Gasteiger partial charge in [-0.25, -0.2) is 0 Å². The predicted octanol–water partition coefficient (Wildman–Crippen LogP) is 2.75. The minimum Gasteiger partial charge on any atom is -0.480 e. The molecule has 1 atom stereocenters. The average molecular weight is 227 g/mol. The third kappa shape index (κ3) is 2.76. The van der Waals surface area contributed by atoms with Crippen LogP contribution < -0.4 is 0 Å². The molecule has 1 saturated heterocycles. The zero-order valence-electron chi connectivity index (χ0n) is 11.0. The van der Waals surface area contributed by atoms with E-state index < -0.39 is 11.5 Å². The van der Waals surface area contributed by atoms with Crippen LogP contribution in [0.3, 0.4) is 0 Å². The van der Waals surface area contributed by atoms with Gasteiger partial charge in [-0.2, -0.15) is 0 Å². The molecule has 0 aliphatic carbocycles. The van der Waals surface area contributed by atoms with Crippen LogP contribution >= 0.6 is 0 Å². The summed E-state index contributed by atoms with van der Waals surface area (Å²) in [4.78, 5) is 13.8. The summed E-state index contributed by atoms with van der Waals surface area (Å²) in [6.45, 7) is 10.4. The Bertz CT molecular complexity index is 257. The van der Waals surface area contributed by atoms with E-state index in [2.05, 4.69) is 32.6 Å². The van der Waals surface area contributed by atoms with Crippen LogP contribution in [0.1, 0.15) is 53.4 Å². The molecule has 0 radical (unpaired) electrons. The Hall–Kier alpha value is -0.570. The first-order valence-electron chi connectivity index (χ1n) is 6.30. The first kappa shape index (κ1) is 13.5. The molecule has 0 saturated carbocycles. The number of carboxylic acid groups (broad SMARTS) is 1. The fraction of sp³-hybridized carbons (Fsp3) is 0.923. The fourth-order valence-corrected chi connectivity index (χ4v) is 2.78. The van der Waals surface area contributed by atoms with Crippen molar-refractivity contribution in [2.45, 2.75) is 58.9 Å². The van der Waals surface area contributed by atoms with Crippen molar-refractivity contribution in [3.63, 3.8) is 0 Å². The van der Waals surface area contributed by atoms with Crippen LogP contribution in [0, 0.1) is 5.41 Å². The van der Waals surface area contributed by atoms with E-state index in [1.165, 1.54) is 0 Å². The third-order valence-corrected chi connectivity index (χ3v) is 3.35. The van der Waals surface area contributed by atoms with Gasteiger partial charge in [-0.1, -0.05) is 34.1 Å². The zero-order chi connectivity index (χ0) is 12.4. The third-order valence-electron chi connectivity index (χ3n) is 3.35. The Labute approximate surface area is 98.8 Å². The molecule has 94 valence electrons. The van der Waals surface area contributed by atoms with E-state index in [1.807, 2.05) is 0 Å². The highest BCUT2D eigenvalue weighted by Gasteiger charge is 2.47. The van der Waals surface area contributed by atoms with E-state index >= 15 is 0 Å². The van der Waals surface area contributed by atoms with Gasteiger partial charge in [0.05, 0.1) is 0 Å². The number of hydrogen-bond donors (Lipinski definition) is 1. The largest absolute Gasteiger partial charge is 0.480 e. The molecule has 16 heavy (non-hydrogen) atoms. The van der Waals surface area contributed by atoms with Gasteiger partial charge in [0.2, 0.25) is 0 Å². The summed E-state index contributed by atoms with van der Waals surface area (Å²) < 4.78 is 0. The van der Waals surface area contributed by atoms with Crippen LogP contribution in [0.5, 0.6) is 0 Å². The summed E-state index contributed by atoms with van der Waals surface area (Å²) in [6.07, 6.45) is 3.54. The van der Waals surface area contributed by atoms with E-state index in [0.717, 1.165) is 38.8 Å². The maximum atomic E-state index is 11.6. The van der Waals surface area contributed by atoms with Crippen molar-refractivity contribution in [3.8, 4) is 0 Å². The molecule has 1 aliphatic rings. The summed E-state index contributed by atoms with van der Waals surface area (Å²) >= 11 is 0. The van der Waals surface area contributed by atoms with Crippen LogP contribution in [0.4, 0.5) is 0 Å². The monoisotopic (exact) mass is 227 g/mol. The molecule has 1 heterocycles. The number of hydrogen-bond acceptors (Lipinski definition) is 2. The summed E-state index contributed by atoms with van der Waals surface area (Å²) in [5.41, 5.74) is -0.416. The Kier molecular flexibility index (Phi) is 4.00. The van der Waals surface area contributed by atoms with E-state index in [4.69, 9.17) is 0 Å². The lowest BCUT2D eigenvalue weighted by Gasteiger charge is -2.38. The highest BCUT2D eigenvalue weighted by Crippen LogP contribution is 2.36. The topological polar surface area (TPSA) is 40.5 Å². The Balaban J connectivity index is 2.85. The molecule has 0 spiro atoms. The minimum atomic E-state index is -0.629. The van der Waals surface area contributed by atoms with Crippen molar-refractivity contribution in [1.29, 1.82) is 0 Å². The smallest absolute Gasteiger partial charge is 0.324 e. The van der Waals surface area contributed by atoms with Crippen molar-refractivity contribution in [1.82, 2.24) is 4.90 Å². The molecule has 0 aromatic rings. The number of rotatable bonds is 4. The van der Waals surface area contributed by atoms with E-state index in [0.29, 0.717) is 0 Å². The van der Waals surface area contributed by atoms with Crippen LogP contribution in [-0.2, 0) is 4.79 Å². The Morgan fingerprint density at radius 2 is 2.06 bits per heavy atom. The highest BCUT2D eigenvalue weighted by atomic mass is 16.4. The van der Waals surface area contributed by atoms with Gasteiger partial charge in [-0.05, 0) is 31.2 Å². The maximum Gasteiger partial charge on any atom is 0.324 e. The van der Waals surface area contributed by atoms with Crippen LogP contribution in [0.25, 0.3) is 0 Å². The van der Waals surface area contributed by atoms with E-state index in [-0.39, 0.29) is 5.41 Å². The Morgan fingerprint density at radius 3 is 2.50 bits per heavy atom. The van der Waals surface area contributed by atoms with Gasteiger partial charge in [-0.3, -0.25) is 9.69 Å². The maximum absolute atomic E-state index is 11.6. The summed E-state index contributed by atoms with van der Waals surface area (Å²) in [5, 5.41) is 9.52. The molecule has 1 aliphatic heterocycles. The lowest BCUT2D eigenvalue weighted by molar-refractivity contribution is -0.151. The van der Waals surface area contributed by atoms with Crippen LogP contribution in [-0.4, -0.2) is 34.6 Å². The first-order chi connectivity index (χ1) is 7.32. The van der Waals surface area contributed by atoms with Gasteiger partial charge in [0, 0.05) is 6.54 Å². The molecule has 0 amide bonds. The van der Waals surface area contributed by atoms with Gasteiger partial charge in [0.15, 0.2) is 0 Å². The number of carboxylic acids is 1. The predicted molar refractivity (Wildman–Crippen MR) is 65.5 cm³/mol. The van der Waals surface area contributed by atoms with Crippen molar-refractivity contribution in [2.24, 2.45) is 5.41 Å². The van der Waals surface area contributed by atoms with Crippen LogP contribution in [0.2, 0.25) is 0 Å². The molecule has 0 bridgehead atoms. The molecule has 3 nitrogen and oxygen atoms in total.